The van der Waals surface area contributed by atoms with E-state index < -0.39 is 11.6 Å². The Hall–Kier alpha value is -2.96. The first-order valence-electron chi connectivity index (χ1n) is 9.30. The van der Waals surface area contributed by atoms with Gasteiger partial charge in [0.2, 0.25) is 0 Å². The van der Waals surface area contributed by atoms with Crippen LogP contribution in [-0.4, -0.2) is 38.5 Å². The van der Waals surface area contributed by atoms with Crippen LogP contribution in [0.15, 0.2) is 47.5 Å². The molecule has 0 atom stereocenters. The van der Waals surface area contributed by atoms with E-state index in [4.69, 9.17) is 0 Å². The smallest absolute Gasteiger partial charge is 0.251 e. The van der Waals surface area contributed by atoms with Gasteiger partial charge in [-0.25, -0.2) is 8.78 Å². The Balaban J connectivity index is 1.88. The zero-order chi connectivity index (χ0) is 20.4. The van der Waals surface area contributed by atoms with Crippen molar-refractivity contribution in [3.05, 3.63) is 70.8 Å². The third kappa shape index (κ3) is 6.64. The molecule has 0 aliphatic carbocycles. The molecule has 3 N–H and O–H groups in total. The summed E-state index contributed by atoms with van der Waals surface area (Å²) in [5.74, 6) is -0.616. The van der Waals surface area contributed by atoms with Crippen molar-refractivity contribution in [3.8, 4) is 0 Å². The number of benzene rings is 2. The van der Waals surface area contributed by atoms with Gasteiger partial charge in [-0.2, -0.15) is 0 Å². The van der Waals surface area contributed by atoms with Crippen molar-refractivity contribution < 1.29 is 13.6 Å². The molecular weight excluding hydrogens is 362 g/mol. The number of amides is 1. The van der Waals surface area contributed by atoms with E-state index in [1.165, 1.54) is 12.1 Å². The fourth-order valence-corrected chi connectivity index (χ4v) is 2.69. The summed E-state index contributed by atoms with van der Waals surface area (Å²) < 4.78 is 26.6. The Bertz CT molecular complexity index is 824. The lowest BCUT2D eigenvalue weighted by atomic mass is 10.1. The van der Waals surface area contributed by atoms with E-state index in [0.717, 1.165) is 18.1 Å². The van der Waals surface area contributed by atoms with Crippen molar-refractivity contribution >= 4 is 11.9 Å². The second kappa shape index (κ2) is 11.0. The van der Waals surface area contributed by atoms with Gasteiger partial charge < -0.3 is 16.0 Å². The van der Waals surface area contributed by atoms with Crippen molar-refractivity contribution in [1.29, 1.82) is 0 Å². The van der Waals surface area contributed by atoms with Crippen molar-refractivity contribution in [3.63, 3.8) is 0 Å². The minimum absolute atomic E-state index is 0.113. The molecule has 0 fully saturated rings. The SMILES string of the molecule is CCNC(=NCCc1ccc(F)cc1F)NCCc1cccc(C(=O)NC)c1. The molecule has 0 aromatic heterocycles. The highest BCUT2D eigenvalue weighted by molar-refractivity contribution is 5.94. The number of guanidine groups is 1. The third-order valence-electron chi connectivity index (χ3n) is 4.13. The quantitative estimate of drug-likeness (QED) is 0.481. The number of carbonyl (C=O) groups is 1. The maximum absolute atomic E-state index is 13.7. The molecule has 28 heavy (non-hydrogen) atoms. The van der Waals surface area contributed by atoms with Crippen LogP contribution in [0.4, 0.5) is 8.78 Å². The third-order valence-corrected chi connectivity index (χ3v) is 4.13. The summed E-state index contributed by atoms with van der Waals surface area (Å²) in [6.07, 6.45) is 1.11. The maximum atomic E-state index is 13.7. The van der Waals surface area contributed by atoms with Crippen LogP contribution in [0.3, 0.4) is 0 Å². The minimum atomic E-state index is -0.583. The van der Waals surface area contributed by atoms with E-state index in [-0.39, 0.29) is 5.91 Å². The second-order valence-electron chi connectivity index (χ2n) is 6.20. The van der Waals surface area contributed by atoms with E-state index in [0.29, 0.717) is 43.1 Å². The molecule has 1 amide bonds. The monoisotopic (exact) mass is 388 g/mol. The molecule has 5 nitrogen and oxygen atoms in total. The average Bonchev–Trinajstić information content (AvgIpc) is 2.69. The molecule has 0 heterocycles. The van der Waals surface area contributed by atoms with Crippen LogP contribution in [0, 0.1) is 11.6 Å². The first-order valence-corrected chi connectivity index (χ1v) is 9.30. The van der Waals surface area contributed by atoms with Crippen LogP contribution >= 0.6 is 0 Å². The number of halogens is 2. The molecule has 0 spiro atoms. The van der Waals surface area contributed by atoms with Gasteiger partial charge in [0.25, 0.3) is 5.91 Å². The first kappa shape index (κ1) is 21.3. The van der Waals surface area contributed by atoms with Gasteiger partial charge in [0.1, 0.15) is 11.6 Å². The highest BCUT2D eigenvalue weighted by Gasteiger charge is 2.05. The summed E-state index contributed by atoms with van der Waals surface area (Å²) in [5, 5.41) is 8.98. The Labute approximate surface area is 164 Å². The number of nitrogens with one attached hydrogen (secondary N) is 3. The standard InChI is InChI=1S/C21H26F2N4O/c1-3-25-21(27-12-10-16-7-8-18(22)14-19(16)23)26-11-9-15-5-4-6-17(13-15)20(28)24-2/h4-8,13-14H,3,9-12H2,1-2H3,(H,24,28)(H2,25,26,27). The molecule has 2 aromatic rings. The molecule has 0 radical (unpaired) electrons. The Kier molecular flexibility index (Phi) is 8.39. The predicted octanol–water partition coefficient (Wildman–Crippen LogP) is 2.66. The van der Waals surface area contributed by atoms with Gasteiger partial charge in [-0.1, -0.05) is 18.2 Å². The zero-order valence-electron chi connectivity index (χ0n) is 16.2. The largest absolute Gasteiger partial charge is 0.357 e. The van der Waals surface area contributed by atoms with E-state index in [9.17, 15) is 13.6 Å². The van der Waals surface area contributed by atoms with Gasteiger partial charge in [0.05, 0.1) is 0 Å². The average molecular weight is 388 g/mol. The predicted molar refractivity (Wildman–Crippen MR) is 108 cm³/mol. The lowest BCUT2D eigenvalue weighted by Gasteiger charge is -2.12. The molecule has 0 saturated heterocycles. The zero-order valence-corrected chi connectivity index (χ0v) is 16.2. The number of hydrogen-bond acceptors (Lipinski definition) is 2. The molecule has 7 heteroatoms. The van der Waals surface area contributed by atoms with Gasteiger partial charge in [0.15, 0.2) is 5.96 Å². The highest BCUT2D eigenvalue weighted by atomic mass is 19.1. The Morgan fingerprint density at radius 3 is 2.61 bits per heavy atom. The fraction of sp³-hybridized carbons (Fsp3) is 0.333. The fourth-order valence-electron chi connectivity index (χ4n) is 2.69. The van der Waals surface area contributed by atoms with E-state index >= 15 is 0 Å². The molecule has 0 bridgehead atoms. The summed E-state index contributed by atoms with van der Waals surface area (Å²) in [5.41, 5.74) is 2.10. The molecular formula is C21H26F2N4O. The number of rotatable bonds is 8. The van der Waals surface area contributed by atoms with Crippen molar-refractivity contribution in [2.75, 3.05) is 26.7 Å². The molecule has 150 valence electrons. The lowest BCUT2D eigenvalue weighted by Crippen LogP contribution is -2.38. The normalized spacial score (nSPS) is 11.2. The van der Waals surface area contributed by atoms with Crippen molar-refractivity contribution in [1.82, 2.24) is 16.0 Å². The van der Waals surface area contributed by atoms with Crippen LogP contribution in [0.25, 0.3) is 0 Å². The van der Waals surface area contributed by atoms with Gasteiger partial charge in [-0.05, 0) is 49.1 Å². The van der Waals surface area contributed by atoms with Crippen LogP contribution < -0.4 is 16.0 Å². The molecule has 0 unspecified atom stereocenters. The Morgan fingerprint density at radius 2 is 1.89 bits per heavy atom. The van der Waals surface area contributed by atoms with E-state index in [1.807, 2.05) is 25.1 Å². The molecule has 0 saturated carbocycles. The van der Waals surface area contributed by atoms with Crippen LogP contribution in [0.1, 0.15) is 28.4 Å². The van der Waals surface area contributed by atoms with Crippen LogP contribution in [0.2, 0.25) is 0 Å². The summed E-state index contributed by atoms with van der Waals surface area (Å²) in [4.78, 5) is 16.1. The number of aliphatic imine (C=N–C) groups is 1. The van der Waals surface area contributed by atoms with Gasteiger partial charge in [0, 0.05) is 38.3 Å². The lowest BCUT2D eigenvalue weighted by molar-refractivity contribution is 0.0963. The Morgan fingerprint density at radius 1 is 1.07 bits per heavy atom. The molecule has 0 aliphatic heterocycles. The second-order valence-corrected chi connectivity index (χ2v) is 6.20. The van der Waals surface area contributed by atoms with Gasteiger partial charge in [-0.15, -0.1) is 0 Å². The molecule has 2 rings (SSSR count). The van der Waals surface area contributed by atoms with Crippen LogP contribution in [0.5, 0.6) is 0 Å². The topological polar surface area (TPSA) is 65.5 Å². The molecule has 0 aliphatic rings. The highest BCUT2D eigenvalue weighted by Crippen LogP contribution is 2.10. The number of carbonyl (C=O) groups excluding carboxylic acids is 1. The number of nitrogens with zero attached hydrogens (tertiary/aromatic N) is 1. The molecule has 2 aromatic carbocycles. The maximum Gasteiger partial charge on any atom is 0.251 e. The van der Waals surface area contributed by atoms with Gasteiger partial charge in [-0.3, -0.25) is 9.79 Å². The summed E-state index contributed by atoms with van der Waals surface area (Å²) >= 11 is 0. The minimum Gasteiger partial charge on any atom is -0.357 e. The summed E-state index contributed by atoms with van der Waals surface area (Å²) in [6, 6.07) is 11.0. The van der Waals surface area contributed by atoms with Crippen LogP contribution in [-0.2, 0) is 12.8 Å². The van der Waals surface area contributed by atoms with E-state index in [2.05, 4.69) is 20.9 Å². The number of hydrogen-bond donors (Lipinski definition) is 3. The van der Waals surface area contributed by atoms with Crippen molar-refractivity contribution in [2.24, 2.45) is 4.99 Å². The first-order chi connectivity index (χ1) is 13.5. The summed E-state index contributed by atoms with van der Waals surface area (Å²) in [6.45, 7) is 3.67. The van der Waals surface area contributed by atoms with E-state index in [1.54, 1.807) is 13.1 Å². The van der Waals surface area contributed by atoms with Gasteiger partial charge >= 0.3 is 0 Å². The summed E-state index contributed by atoms with van der Waals surface area (Å²) in [7, 11) is 1.60. The van der Waals surface area contributed by atoms with Crippen molar-refractivity contribution in [2.45, 2.75) is 19.8 Å².